The van der Waals surface area contributed by atoms with E-state index in [-0.39, 0.29) is 12.0 Å². The molecule has 3 nitrogen and oxygen atoms in total. The predicted molar refractivity (Wildman–Crippen MR) is 67.9 cm³/mol. The number of carbonyl (C=O) groups is 1. The largest absolute Gasteiger partial charge is 0.464 e. The van der Waals surface area contributed by atoms with E-state index in [2.05, 4.69) is 5.32 Å². The van der Waals surface area contributed by atoms with Crippen molar-refractivity contribution in [2.45, 2.75) is 24.8 Å². The maximum atomic E-state index is 11.4. The summed E-state index contributed by atoms with van der Waals surface area (Å²) in [6.07, 6.45) is 2.03. The second-order valence-corrected chi connectivity index (χ2v) is 4.23. The Labute approximate surface area is 101 Å². The van der Waals surface area contributed by atoms with E-state index < -0.39 is 0 Å². The Kier molecular flexibility index (Phi) is 5.19. The molecular formula is C12H17NO2S. The molecule has 0 amide bonds. The lowest BCUT2D eigenvalue weighted by molar-refractivity contribution is -0.143. The Morgan fingerprint density at radius 3 is 2.56 bits per heavy atom. The average molecular weight is 239 g/mol. The highest BCUT2D eigenvalue weighted by molar-refractivity contribution is 7.98. The third kappa shape index (κ3) is 3.77. The fourth-order valence-electron chi connectivity index (χ4n) is 1.26. The Hall–Kier alpha value is -1.16. The van der Waals surface area contributed by atoms with Crippen LogP contribution in [0.15, 0.2) is 29.2 Å². The molecule has 1 rings (SSSR count). The van der Waals surface area contributed by atoms with Crippen LogP contribution in [0.25, 0.3) is 0 Å². The van der Waals surface area contributed by atoms with Gasteiger partial charge in [-0.1, -0.05) is 0 Å². The molecule has 0 aliphatic carbocycles. The molecule has 0 aromatic heterocycles. The Morgan fingerprint density at radius 1 is 1.44 bits per heavy atom. The molecular weight excluding hydrogens is 222 g/mol. The number of esters is 1. The van der Waals surface area contributed by atoms with Crippen LogP contribution >= 0.6 is 11.8 Å². The highest BCUT2D eigenvalue weighted by Gasteiger charge is 2.12. The summed E-state index contributed by atoms with van der Waals surface area (Å²) in [6, 6.07) is 7.64. The third-order valence-electron chi connectivity index (χ3n) is 2.11. The number of rotatable bonds is 5. The van der Waals surface area contributed by atoms with E-state index in [1.165, 1.54) is 4.90 Å². The van der Waals surface area contributed by atoms with Gasteiger partial charge >= 0.3 is 5.97 Å². The van der Waals surface area contributed by atoms with Crippen molar-refractivity contribution in [3.8, 4) is 0 Å². The fourth-order valence-corrected chi connectivity index (χ4v) is 1.67. The van der Waals surface area contributed by atoms with Gasteiger partial charge in [-0.3, -0.25) is 0 Å². The normalized spacial score (nSPS) is 11.9. The van der Waals surface area contributed by atoms with Crippen molar-refractivity contribution in [1.29, 1.82) is 0 Å². The maximum Gasteiger partial charge on any atom is 0.328 e. The molecule has 4 heteroatoms. The second-order valence-electron chi connectivity index (χ2n) is 3.35. The summed E-state index contributed by atoms with van der Waals surface area (Å²) in [5, 5.41) is 3.09. The summed E-state index contributed by atoms with van der Waals surface area (Å²) < 4.78 is 4.92. The molecule has 0 spiro atoms. The number of thioether (sulfide) groups is 1. The van der Waals surface area contributed by atoms with E-state index in [1.807, 2.05) is 30.5 Å². The van der Waals surface area contributed by atoms with E-state index in [4.69, 9.17) is 4.74 Å². The first-order valence-corrected chi connectivity index (χ1v) is 6.47. The van der Waals surface area contributed by atoms with E-state index in [9.17, 15) is 4.79 Å². The lowest BCUT2D eigenvalue weighted by Crippen LogP contribution is -2.28. The number of benzene rings is 1. The van der Waals surface area contributed by atoms with Crippen LogP contribution in [0.1, 0.15) is 13.8 Å². The van der Waals surface area contributed by atoms with Crippen molar-refractivity contribution in [3.05, 3.63) is 24.3 Å². The van der Waals surface area contributed by atoms with Crippen LogP contribution in [0.5, 0.6) is 0 Å². The van der Waals surface area contributed by atoms with Crippen LogP contribution in [0, 0.1) is 0 Å². The van der Waals surface area contributed by atoms with Gasteiger partial charge in [0, 0.05) is 10.6 Å². The van der Waals surface area contributed by atoms with Gasteiger partial charge in [-0.2, -0.15) is 0 Å². The number of anilines is 1. The van der Waals surface area contributed by atoms with Crippen molar-refractivity contribution >= 4 is 23.4 Å². The predicted octanol–water partition coefficient (Wildman–Crippen LogP) is 2.77. The van der Waals surface area contributed by atoms with Crippen LogP contribution in [-0.4, -0.2) is 24.9 Å². The SMILES string of the molecule is CCOC(=O)[C@H](C)Nc1ccc(SC)cc1. The molecule has 1 aromatic rings. The number of ether oxygens (including phenoxy) is 1. The Bertz CT molecular complexity index is 337. The number of nitrogens with one attached hydrogen (secondary N) is 1. The molecule has 0 saturated carbocycles. The lowest BCUT2D eigenvalue weighted by atomic mass is 10.2. The topological polar surface area (TPSA) is 38.3 Å². The summed E-state index contributed by atoms with van der Waals surface area (Å²) >= 11 is 1.69. The van der Waals surface area contributed by atoms with Gasteiger partial charge in [0.15, 0.2) is 0 Å². The molecule has 0 fully saturated rings. The minimum absolute atomic E-state index is 0.226. The monoisotopic (exact) mass is 239 g/mol. The molecule has 0 unspecified atom stereocenters. The van der Waals surface area contributed by atoms with Crippen molar-refractivity contribution in [1.82, 2.24) is 0 Å². The summed E-state index contributed by atoms with van der Waals surface area (Å²) in [5.74, 6) is -0.226. The van der Waals surface area contributed by atoms with Crippen LogP contribution in [-0.2, 0) is 9.53 Å². The minimum Gasteiger partial charge on any atom is -0.464 e. The zero-order valence-corrected chi connectivity index (χ0v) is 10.6. The first-order chi connectivity index (χ1) is 7.67. The van der Waals surface area contributed by atoms with Gasteiger partial charge in [0.1, 0.15) is 6.04 Å². The highest BCUT2D eigenvalue weighted by atomic mass is 32.2. The Balaban J connectivity index is 2.55. The van der Waals surface area contributed by atoms with Gasteiger partial charge in [-0.15, -0.1) is 11.8 Å². The third-order valence-corrected chi connectivity index (χ3v) is 2.86. The van der Waals surface area contributed by atoms with Gasteiger partial charge in [-0.25, -0.2) is 4.79 Å². The Morgan fingerprint density at radius 2 is 2.06 bits per heavy atom. The highest BCUT2D eigenvalue weighted by Crippen LogP contribution is 2.18. The molecule has 1 aromatic carbocycles. The second kappa shape index (κ2) is 6.43. The number of carbonyl (C=O) groups excluding carboxylic acids is 1. The lowest BCUT2D eigenvalue weighted by Gasteiger charge is -2.13. The molecule has 0 aliphatic heterocycles. The molecule has 88 valence electrons. The molecule has 1 N–H and O–H groups in total. The van der Waals surface area contributed by atoms with Gasteiger partial charge in [-0.05, 0) is 44.4 Å². The number of hydrogen-bond acceptors (Lipinski definition) is 4. The van der Waals surface area contributed by atoms with Crippen LogP contribution in [0.4, 0.5) is 5.69 Å². The molecule has 0 radical (unpaired) electrons. The average Bonchev–Trinajstić information content (AvgIpc) is 2.30. The van der Waals surface area contributed by atoms with Gasteiger partial charge in [0.05, 0.1) is 6.61 Å². The molecule has 0 aliphatic rings. The van der Waals surface area contributed by atoms with Crippen molar-refractivity contribution < 1.29 is 9.53 Å². The molecule has 0 saturated heterocycles. The fraction of sp³-hybridized carbons (Fsp3) is 0.417. The van der Waals surface area contributed by atoms with Crippen molar-refractivity contribution in [2.24, 2.45) is 0 Å². The zero-order valence-electron chi connectivity index (χ0n) is 9.82. The summed E-state index contributed by atoms with van der Waals surface area (Å²) in [6.45, 7) is 4.01. The summed E-state index contributed by atoms with van der Waals surface area (Å²) in [7, 11) is 0. The minimum atomic E-state index is -0.319. The number of hydrogen-bond donors (Lipinski definition) is 1. The van der Waals surface area contributed by atoms with Crippen LogP contribution in [0.2, 0.25) is 0 Å². The van der Waals surface area contributed by atoms with Crippen molar-refractivity contribution in [2.75, 3.05) is 18.2 Å². The molecule has 1 atom stereocenters. The first-order valence-electron chi connectivity index (χ1n) is 5.24. The van der Waals surface area contributed by atoms with Gasteiger partial charge in [0.2, 0.25) is 0 Å². The van der Waals surface area contributed by atoms with E-state index in [0.717, 1.165) is 5.69 Å². The van der Waals surface area contributed by atoms with Crippen molar-refractivity contribution in [3.63, 3.8) is 0 Å². The van der Waals surface area contributed by atoms with Gasteiger partial charge in [0.25, 0.3) is 0 Å². The van der Waals surface area contributed by atoms with E-state index in [1.54, 1.807) is 25.6 Å². The smallest absolute Gasteiger partial charge is 0.328 e. The van der Waals surface area contributed by atoms with Gasteiger partial charge < -0.3 is 10.1 Å². The summed E-state index contributed by atoms with van der Waals surface area (Å²) in [5.41, 5.74) is 0.929. The first kappa shape index (κ1) is 12.9. The zero-order chi connectivity index (χ0) is 12.0. The van der Waals surface area contributed by atoms with Crippen LogP contribution < -0.4 is 5.32 Å². The molecule has 0 bridgehead atoms. The summed E-state index contributed by atoms with van der Waals surface area (Å²) in [4.78, 5) is 12.6. The standard InChI is InChI=1S/C12H17NO2S/c1-4-15-12(14)9(2)13-10-5-7-11(16-3)8-6-10/h5-9,13H,4H2,1-3H3/t9-/m0/s1. The molecule has 16 heavy (non-hydrogen) atoms. The van der Waals surface area contributed by atoms with E-state index in [0.29, 0.717) is 6.61 Å². The van der Waals surface area contributed by atoms with Crippen LogP contribution in [0.3, 0.4) is 0 Å². The molecule has 0 heterocycles. The van der Waals surface area contributed by atoms with E-state index >= 15 is 0 Å². The quantitative estimate of drug-likeness (QED) is 0.633. The maximum absolute atomic E-state index is 11.4.